The van der Waals surface area contributed by atoms with E-state index in [1.165, 1.54) is 11.5 Å². The summed E-state index contributed by atoms with van der Waals surface area (Å²) in [5.74, 6) is 1.26. The number of rotatable bonds is 3. The van der Waals surface area contributed by atoms with Gasteiger partial charge in [0.05, 0.1) is 0 Å². The van der Waals surface area contributed by atoms with Gasteiger partial charge in [0.15, 0.2) is 11.5 Å². The third-order valence-electron chi connectivity index (χ3n) is 1.83. The summed E-state index contributed by atoms with van der Waals surface area (Å²) >= 11 is 1.18. The lowest BCUT2D eigenvalue weighted by molar-refractivity contribution is 0.409. The molecule has 1 N–H and O–H groups in total. The minimum absolute atomic E-state index is 0.103. The Labute approximate surface area is 91.3 Å². The fourth-order valence-electron chi connectivity index (χ4n) is 1.06. The highest BCUT2D eigenvalue weighted by Crippen LogP contribution is 2.30. The van der Waals surface area contributed by atoms with Crippen molar-refractivity contribution in [2.24, 2.45) is 0 Å². The van der Waals surface area contributed by atoms with Crippen LogP contribution < -0.4 is 4.74 Å². The summed E-state index contributed by atoms with van der Waals surface area (Å²) in [6.45, 7) is 1.98. The maximum absolute atomic E-state index is 9.47. The minimum Gasteiger partial charge on any atom is -0.504 e. The topological polar surface area (TPSA) is 55.2 Å². The summed E-state index contributed by atoms with van der Waals surface area (Å²) in [5.41, 5.74) is 0. The lowest BCUT2D eigenvalue weighted by atomic mass is 10.3. The zero-order valence-corrected chi connectivity index (χ0v) is 8.99. The molecule has 0 fully saturated rings. The van der Waals surface area contributed by atoms with E-state index in [4.69, 9.17) is 4.74 Å². The van der Waals surface area contributed by atoms with Crippen molar-refractivity contribution < 1.29 is 9.84 Å². The highest BCUT2D eigenvalue weighted by atomic mass is 32.1. The molecular weight excluding hydrogens is 212 g/mol. The molecule has 0 spiro atoms. The van der Waals surface area contributed by atoms with E-state index < -0.39 is 0 Å². The Balaban J connectivity index is 2.18. The summed E-state index contributed by atoms with van der Waals surface area (Å²) in [4.78, 5) is 4.14. The Morgan fingerprint density at radius 1 is 1.40 bits per heavy atom. The van der Waals surface area contributed by atoms with Gasteiger partial charge < -0.3 is 9.84 Å². The fraction of sp³-hybridized carbons (Fsp3) is 0.200. The van der Waals surface area contributed by atoms with E-state index in [1.807, 2.05) is 6.92 Å². The first kappa shape index (κ1) is 9.92. The molecule has 0 radical (unpaired) electrons. The number of benzene rings is 1. The average Bonchev–Trinajstić information content (AvgIpc) is 2.69. The molecule has 0 saturated heterocycles. The van der Waals surface area contributed by atoms with Gasteiger partial charge in [-0.3, -0.25) is 0 Å². The van der Waals surface area contributed by atoms with Gasteiger partial charge in [-0.05, 0) is 12.1 Å². The molecule has 1 aromatic carbocycles. The quantitative estimate of drug-likeness (QED) is 0.867. The molecule has 0 unspecified atom stereocenters. The molecule has 0 bridgehead atoms. The van der Waals surface area contributed by atoms with Crippen molar-refractivity contribution in [1.29, 1.82) is 0 Å². The molecule has 5 heteroatoms. The smallest absolute Gasteiger partial charge is 0.298 e. The molecule has 0 atom stereocenters. The van der Waals surface area contributed by atoms with Crippen molar-refractivity contribution in [3.63, 3.8) is 0 Å². The number of para-hydroxylation sites is 2. The van der Waals surface area contributed by atoms with Gasteiger partial charge in [0.2, 0.25) is 0 Å². The van der Waals surface area contributed by atoms with Crippen LogP contribution in [0.15, 0.2) is 24.3 Å². The molecule has 15 heavy (non-hydrogen) atoms. The number of hydrogen-bond acceptors (Lipinski definition) is 5. The molecule has 0 aliphatic rings. The molecular formula is C10H10N2O2S. The first-order chi connectivity index (χ1) is 7.29. The second-order valence-corrected chi connectivity index (χ2v) is 3.61. The summed E-state index contributed by atoms with van der Waals surface area (Å²) < 4.78 is 9.47. The van der Waals surface area contributed by atoms with Gasteiger partial charge in [-0.15, -0.1) is 0 Å². The molecule has 2 aromatic rings. The van der Waals surface area contributed by atoms with Crippen LogP contribution in [0.25, 0.3) is 0 Å². The van der Waals surface area contributed by atoms with E-state index in [0.29, 0.717) is 10.9 Å². The lowest BCUT2D eigenvalue weighted by Gasteiger charge is -2.02. The highest BCUT2D eigenvalue weighted by Gasteiger charge is 2.07. The lowest BCUT2D eigenvalue weighted by Crippen LogP contribution is -1.85. The van der Waals surface area contributed by atoms with E-state index in [0.717, 1.165) is 12.2 Å². The van der Waals surface area contributed by atoms with Gasteiger partial charge in [-0.25, -0.2) is 0 Å². The standard InChI is InChI=1S/C10H10N2O2S/c1-2-9-11-10(15-12-9)14-8-6-4-3-5-7(8)13/h3-6,13H,2H2,1H3. The van der Waals surface area contributed by atoms with Crippen LogP contribution in [0.5, 0.6) is 16.7 Å². The Morgan fingerprint density at radius 2 is 2.20 bits per heavy atom. The number of ether oxygens (including phenoxy) is 1. The third-order valence-corrected chi connectivity index (χ3v) is 2.46. The van der Waals surface area contributed by atoms with Crippen LogP contribution in [0.3, 0.4) is 0 Å². The monoisotopic (exact) mass is 222 g/mol. The van der Waals surface area contributed by atoms with Crippen molar-refractivity contribution >= 4 is 11.5 Å². The predicted molar refractivity (Wildman–Crippen MR) is 57.5 cm³/mol. The molecule has 2 rings (SSSR count). The van der Waals surface area contributed by atoms with Crippen LogP contribution in [0, 0.1) is 0 Å². The zero-order valence-electron chi connectivity index (χ0n) is 8.17. The SMILES string of the molecule is CCc1nsc(Oc2ccccc2O)n1. The van der Waals surface area contributed by atoms with Gasteiger partial charge in [0, 0.05) is 18.0 Å². The van der Waals surface area contributed by atoms with Crippen molar-refractivity contribution in [3.8, 4) is 16.7 Å². The minimum atomic E-state index is 0.103. The second-order valence-electron chi connectivity index (χ2n) is 2.90. The predicted octanol–water partition coefficient (Wildman–Crippen LogP) is 2.60. The third kappa shape index (κ3) is 2.24. The van der Waals surface area contributed by atoms with Crippen LogP contribution >= 0.6 is 11.5 Å². The van der Waals surface area contributed by atoms with E-state index >= 15 is 0 Å². The molecule has 78 valence electrons. The van der Waals surface area contributed by atoms with E-state index in [2.05, 4.69) is 9.36 Å². The van der Waals surface area contributed by atoms with Crippen LogP contribution in [0.4, 0.5) is 0 Å². The number of aromatic hydroxyl groups is 1. The average molecular weight is 222 g/mol. The van der Waals surface area contributed by atoms with Gasteiger partial charge in [0.25, 0.3) is 5.19 Å². The van der Waals surface area contributed by atoms with Crippen LogP contribution in [-0.4, -0.2) is 14.5 Å². The highest BCUT2D eigenvalue weighted by molar-refractivity contribution is 7.07. The number of aromatic nitrogens is 2. The van der Waals surface area contributed by atoms with Crippen molar-refractivity contribution in [3.05, 3.63) is 30.1 Å². The van der Waals surface area contributed by atoms with Gasteiger partial charge in [-0.1, -0.05) is 19.1 Å². The molecule has 0 amide bonds. The number of phenolic OH excluding ortho intramolecular Hbond substituents is 1. The largest absolute Gasteiger partial charge is 0.504 e. The zero-order chi connectivity index (χ0) is 10.7. The Bertz CT molecular complexity index is 456. The first-order valence-corrected chi connectivity index (χ1v) is 5.35. The maximum atomic E-state index is 9.47. The molecule has 4 nitrogen and oxygen atoms in total. The summed E-state index contributed by atoms with van der Waals surface area (Å²) in [5, 5.41) is 9.92. The summed E-state index contributed by atoms with van der Waals surface area (Å²) in [6.07, 6.45) is 0.778. The van der Waals surface area contributed by atoms with Crippen LogP contribution in [0.1, 0.15) is 12.7 Å². The van der Waals surface area contributed by atoms with Crippen molar-refractivity contribution in [2.45, 2.75) is 13.3 Å². The number of hydrogen-bond donors (Lipinski definition) is 1. The van der Waals surface area contributed by atoms with Gasteiger partial charge >= 0.3 is 0 Å². The van der Waals surface area contributed by atoms with Gasteiger partial charge in [0.1, 0.15) is 5.82 Å². The van der Waals surface area contributed by atoms with E-state index in [-0.39, 0.29) is 5.75 Å². The van der Waals surface area contributed by atoms with Crippen LogP contribution in [-0.2, 0) is 6.42 Å². The van der Waals surface area contributed by atoms with Crippen molar-refractivity contribution in [1.82, 2.24) is 9.36 Å². The Morgan fingerprint density at radius 3 is 2.87 bits per heavy atom. The molecule has 0 saturated carbocycles. The normalized spacial score (nSPS) is 10.2. The molecule has 1 aromatic heterocycles. The van der Waals surface area contributed by atoms with Crippen molar-refractivity contribution in [2.75, 3.05) is 0 Å². The Hall–Kier alpha value is -1.62. The summed E-state index contributed by atoms with van der Waals surface area (Å²) in [7, 11) is 0. The number of aryl methyl sites for hydroxylation is 1. The molecule has 0 aliphatic heterocycles. The number of nitrogens with zero attached hydrogens (tertiary/aromatic N) is 2. The van der Waals surface area contributed by atoms with Gasteiger partial charge in [-0.2, -0.15) is 9.36 Å². The number of phenols is 1. The van der Waals surface area contributed by atoms with Crippen LogP contribution in [0.2, 0.25) is 0 Å². The maximum Gasteiger partial charge on any atom is 0.298 e. The summed E-state index contributed by atoms with van der Waals surface area (Å²) in [6, 6.07) is 6.77. The van der Waals surface area contributed by atoms with E-state index in [1.54, 1.807) is 24.3 Å². The second kappa shape index (κ2) is 4.27. The molecule has 1 heterocycles. The Kier molecular flexibility index (Phi) is 2.82. The fourth-order valence-corrected chi connectivity index (χ4v) is 1.69. The van der Waals surface area contributed by atoms with E-state index in [9.17, 15) is 5.11 Å². The first-order valence-electron chi connectivity index (χ1n) is 4.58. The molecule has 0 aliphatic carbocycles.